The van der Waals surface area contributed by atoms with Gasteiger partial charge in [-0.25, -0.2) is 9.97 Å². The molecule has 1 aliphatic rings. The lowest BCUT2D eigenvalue weighted by atomic mass is 9.95. The highest BCUT2D eigenvalue weighted by molar-refractivity contribution is 5.28. The lowest BCUT2D eigenvalue weighted by Crippen LogP contribution is -2.34. The first-order chi connectivity index (χ1) is 6.88. The van der Waals surface area contributed by atoms with Crippen LogP contribution in [0.2, 0.25) is 0 Å². The van der Waals surface area contributed by atoms with Gasteiger partial charge in [0, 0.05) is 25.5 Å². The Morgan fingerprint density at radius 3 is 2.43 bits per heavy atom. The zero-order chi connectivity index (χ0) is 9.80. The average Bonchev–Trinajstić information content (AvgIpc) is 2.30. The summed E-state index contributed by atoms with van der Waals surface area (Å²) < 4.78 is 0. The minimum absolute atomic E-state index is 0.645. The van der Waals surface area contributed by atoms with Gasteiger partial charge in [-0.1, -0.05) is 19.3 Å². The molecule has 0 amide bonds. The lowest BCUT2D eigenvalue weighted by Gasteiger charge is -2.30. The zero-order valence-electron chi connectivity index (χ0n) is 8.69. The van der Waals surface area contributed by atoms with E-state index in [0.717, 1.165) is 5.95 Å². The van der Waals surface area contributed by atoms with Gasteiger partial charge in [0.25, 0.3) is 0 Å². The van der Waals surface area contributed by atoms with Crippen molar-refractivity contribution in [1.29, 1.82) is 0 Å². The normalized spacial score (nSPS) is 18.1. The topological polar surface area (TPSA) is 29.0 Å². The van der Waals surface area contributed by atoms with Crippen LogP contribution < -0.4 is 4.90 Å². The maximum Gasteiger partial charge on any atom is 0.225 e. The first-order valence-corrected chi connectivity index (χ1v) is 5.38. The van der Waals surface area contributed by atoms with Crippen LogP contribution in [0.3, 0.4) is 0 Å². The van der Waals surface area contributed by atoms with Crippen LogP contribution >= 0.6 is 0 Å². The molecular formula is C11H17N3. The van der Waals surface area contributed by atoms with Gasteiger partial charge in [0.05, 0.1) is 0 Å². The van der Waals surface area contributed by atoms with Crippen molar-refractivity contribution in [1.82, 2.24) is 9.97 Å². The summed E-state index contributed by atoms with van der Waals surface area (Å²) in [4.78, 5) is 10.8. The van der Waals surface area contributed by atoms with Gasteiger partial charge in [-0.05, 0) is 18.9 Å². The molecule has 76 valence electrons. The van der Waals surface area contributed by atoms with Crippen LogP contribution in [0.4, 0.5) is 5.95 Å². The van der Waals surface area contributed by atoms with Crippen LogP contribution in [0, 0.1) is 0 Å². The van der Waals surface area contributed by atoms with Crippen molar-refractivity contribution in [3.05, 3.63) is 18.5 Å². The van der Waals surface area contributed by atoms with Crippen LogP contribution in [0.1, 0.15) is 32.1 Å². The van der Waals surface area contributed by atoms with E-state index in [1.807, 2.05) is 18.5 Å². The molecule has 0 spiro atoms. The first kappa shape index (κ1) is 9.44. The van der Waals surface area contributed by atoms with Gasteiger partial charge in [0.1, 0.15) is 0 Å². The Hall–Kier alpha value is -1.12. The van der Waals surface area contributed by atoms with Crippen molar-refractivity contribution in [2.75, 3.05) is 11.9 Å². The molecule has 0 atom stereocenters. The third kappa shape index (κ3) is 2.03. The summed E-state index contributed by atoms with van der Waals surface area (Å²) in [5.41, 5.74) is 0. The summed E-state index contributed by atoms with van der Waals surface area (Å²) in [5, 5.41) is 0. The van der Waals surface area contributed by atoms with E-state index < -0.39 is 0 Å². The minimum Gasteiger partial charge on any atom is -0.341 e. The maximum absolute atomic E-state index is 4.27. The second-order valence-electron chi connectivity index (χ2n) is 3.95. The molecule has 1 fully saturated rings. The fourth-order valence-corrected chi connectivity index (χ4v) is 2.10. The molecule has 0 aliphatic heterocycles. The van der Waals surface area contributed by atoms with E-state index in [-0.39, 0.29) is 0 Å². The molecule has 0 radical (unpaired) electrons. The summed E-state index contributed by atoms with van der Waals surface area (Å²) >= 11 is 0. The quantitative estimate of drug-likeness (QED) is 0.718. The number of aromatic nitrogens is 2. The number of rotatable bonds is 2. The molecule has 0 unspecified atom stereocenters. The monoisotopic (exact) mass is 191 g/mol. The third-order valence-electron chi connectivity index (χ3n) is 2.99. The zero-order valence-corrected chi connectivity index (χ0v) is 8.69. The highest BCUT2D eigenvalue weighted by Crippen LogP contribution is 2.23. The largest absolute Gasteiger partial charge is 0.341 e. The number of hydrogen-bond acceptors (Lipinski definition) is 3. The fraction of sp³-hybridized carbons (Fsp3) is 0.636. The number of nitrogens with zero attached hydrogens (tertiary/aromatic N) is 3. The van der Waals surface area contributed by atoms with Crippen molar-refractivity contribution in [3.63, 3.8) is 0 Å². The summed E-state index contributed by atoms with van der Waals surface area (Å²) in [5.74, 6) is 0.861. The molecule has 0 bridgehead atoms. The van der Waals surface area contributed by atoms with Crippen molar-refractivity contribution >= 4 is 5.95 Å². The third-order valence-corrected chi connectivity index (χ3v) is 2.99. The van der Waals surface area contributed by atoms with E-state index in [1.54, 1.807) is 0 Å². The summed E-state index contributed by atoms with van der Waals surface area (Å²) in [6, 6.07) is 2.50. The summed E-state index contributed by atoms with van der Waals surface area (Å²) in [7, 11) is 2.10. The molecule has 3 heteroatoms. The maximum atomic E-state index is 4.27. The Kier molecular flexibility index (Phi) is 2.96. The van der Waals surface area contributed by atoms with Gasteiger partial charge >= 0.3 is 0 Å². The molecule has 0 saturated heterocycles. The molecule has 0 aromatic carbocycles. The lowest BCUT2D eigenvalue weighted by molar-refractivity contribution is 0.424. The highest BCUT2D eigenvalue weighted by Gasteiger charge is 2.19. The molecule has 1 aromatic rings. The molecule has 1 saturated carbocycles. The molecular weight excluding hydrogens is 174 g/mol. The van der Waals surface area contributed by atoms with Gasteiger partial charge in [0.2, 0.25) is 5.95 Å². The van der Waals surface area contributed by atoms with Gasteiger partial charge in [0.15, 0.2) is 0 Å². The van der Waals surface area contributed by atoms with Crippen LogP contribution in [0.25, 0.3) is 0 Å². The molecule has 3 nitrogen and oxygen atoms in total. The Balaban J connectivity index is 2.03. The van der Waals surface area contributed by atoms with E-state index in [1.165, 1.54) is 32.1 Å². The van der Waals surface area contributed by atoms with Crippen LogP contribution in [-0.2, 0) is 0 Å². The molecule has 1 aliphatic carbocycles. The van der Waals surface area contributed by atoms with Crippen molar-refractivity contribution < 1.29 is 0 Å². The van der Waals surface area contributed by atoms with E-state index in [0.29, 0.717) is 6.04 Å². The Morgan fingerprint density at radius 2 is 1.79 bits per heavy atom. The van der Waals surface area contributed by atoms with Gasteiger partial charge < -0.3 is 4.90 Å². The SMILES string of the molecule is CN(c1ncccn1)C1CCCCC1. The van der Waals surface area contributed by atoms with E-state index in [4.69, 9.17) is 0 Å². The molecule has 1 aromatic heterocycles. The van der Waals surface area contributed by atoms with Crippen LogP contribution in [0.15, 0.2) is 18.5 Å². The molecule has 0 N–H and O–H groups in total. The minimum atomic E-state index is 0.645. The Bertz CT molecular complexity index is 267. The van der Waals surface area contributed by atoms with Crippen molar-refractivity contribution in [2.45, 2.75) is 38.1 Å². The predicted octanol–water partition coefficient (Wildman–Crippen LogP) is 2.25. The fourth-order valence-electron chi connectivity index (χ4n) is 2.10. The molecule has 14 heavy (non-hydrogen) atoms. The summed E-state index contributed by atoms with van der Waals surface area (Å²) in [6.07, 6.45) is 10.3. The predicted molar refractivity (Wildman–Crippen MR) is 57.3 cm³/mol. The van der Waals surface area contributed by atoms with E-state index >= 15 is 0 Å². The first-order valence-electron chi connectivity index (χ1n) is 5.38. The Labute approximate surface area is 85.2 Å². The van der Waals surface area contributed by atoms with E-state index in [9.17, 15) is 0 Å². The van der Waals surface area contributed by atoms with Crippen LogP contribution in [-0.4, -0.2) is 23.1 Å². The van der Waals surface area contributed by atoms with Gasteiger partial charge in [-0.3, -0.25) is 0 Å². The Morgan fingerprint density at radius 1 is 1.14 bits per heavy atom. The highest BCUT2D eigenvalue weighted by atomic mass is 15.2. The van der Waals surface area contributed by atoms with Crippen molar-refractivity contribution in [2.24, 2.45) is 0 Å². The number of hydrogen-bond donors (Lipinski definition) is 0. The summed E-state index contributed by atoms with van der Waals surface area (Å²) in [6.45, 7) is 0. The standard InChI is InChI=1S/C11H17N3/c1-14(10-6-3-2-4-7-10)11-12-8-5-9-13-11/h5,8-10H,2-4,6-7H2,1H3. The second kappa shape index (κ2) is 4.40. The van der Waals surface area contributed by atoms with Crippen molar-refractivity contribution in [3.8, 4) is 0 Å². The van der Waals surface area contributed by atoms with Gasteiger partial charge in [-0.2, -0.15) is 0 Å². The smallest absolute Gasteiger partial charge is 0.225 e. The van der Waals surface area contributed by atoms with Crippen LogP contribution in [0.5, 0.6) is 0 Å². The molecule has 1 heterocycles. The average molecular weight is 191 g/mol. The van der Waals surface area contributed by atoms with Gasteiger partial charge in [-0.15, -0.1) is 0 Å². The second-order valence-corrected chi connectivity index (χ2v) is 3.95. The molecule has 2 rings (SSSR count). The van der Waals surface area contributed by atoms with E-state index in [2.05, 4.69) is 21.9 Å². The number of anilines is 1.